The lowest BCUT2D eigenvalue weighted by Gasteiger charge is -2.18. The highest BCUT2D eigenvalue weighted by Crippen LogP contribution is 2.16. The van der Waals surface area contributed by atoms with Gasteiger partial charge in [0.25, 0.3) is 0 Å². The first kappa shape index (κ1) is 67.1. The molecular weight excluding hydrogens is 861 g/mol. The maximum Gasteiger partial charge on any atom is 0.306 e. The Morgan fingerprint density at radius 2 is 0.643 bits per heavy atom. The molecule has 0 aliphatic rings. The number of allylic oxidation sites excluding steroid dienone is 14. The fourth-order valence-corrected chi connectivity index (χ4v) is 8.52. The molecule has 0 bridgehead atoms. The Bertz CT molecular complexity index is 1290. The predicted molar refractivity (Wildman–Crippen MR) is 307 cm³/mol. The van der Waals surface area contributed by atoms with Crippen LogP contribution < -0.4 is 0 Å². The predicted octanol–water partition coefficient (Wildman–Crippen LogP) is 20.8. The molecule has 0 aromatic heterocycles. The van der Waals surface area contributed by atoms with E-state index in [4.69, 9.17) is 14.2 Å². The van der Waals surface area contributed by atoms with Crippen LogP contribution in [-0.4, -0.2) is 37.9 Å². The van der Waals surface area contributed by atoms with Crippen molar-refractivity contribution in [3.8, 4) is 0 Å². The maximum atomic E-state index is 12.9. The Labute approximate surface area is 435 Å². The molecule has 0 heterocycles. The summed E-state index contributed by atoms with van der Waals surface area (Å²) in [6, 6.07) is 0. The van der Waals surface area contributed by atoms with E-state index < -0.39 is 6.10 Å². The largest absolute Gasteiger partial charge is 0.462 e. The van der Waals surface area contributed by atoms with E-state index >= 15 is 0 Å². The summed E-state index contributed by atoms with van der Waals surface area (Å²) < 4.78 is 17.5. The Balaban J connectivity index is 4.30. The minimum Gasteiger partial charge on any atom is -0.462 e. The van der Waals surface area contributed by atoms with Gasteiger partial charge >= 0.3 is 11.9 Å². The summed E-state index contributed by atoms with van der Waals surface area (Å²) in [7, 11) is 0. The highest BCUT2D eigenvalue weighted by molar-refractivity contribution is 5.70. The van der Waals surface area contributed by atoms with Gasteiger partial charge in [-0.05, 0) is 89.9 Å². The average molecular weight is 976 g/mol. The molecule has 0 N–H and O–H groups in total. The molecule has 404 valence electrons. The van der Waals surface area contributed by atoms with Crippen LogP contribution in [0.25, 0.3) is 0 Å². The van der Waals surface area contributed by atoms with Crippen LogP contribution in [0.4, 0.5) is 0 Å². The third-order valence-corrected chi connectivity index (χ3v) is 12.9. The number of ether oxygens (including phenoxy) is 3. The van der Waals surface area contributed by atoms with E-state index in [0.717, 1.165) is 103 Å². The Kier molecular flexibility index (Phi) is 57.9. The van der Waals surface area contributed by atoms with Crippen LogP contribution in [0.5, 0.6) is 0 Å². The van der Waals surface area contributed by atoms with E-state index in [-0.39, 0.29) is 25.2 Å². The second-order valence-corrected chi connectivity index (χ2v) is 19.8. The normalized spacial score (nSPS) is 12.8. The molecule has 5 heteroatoms. The molecule has 0 saturated heterocycles. The highest BCUT2D eigenvalue weighted by atomic mass is 16.6. The molecular formula is C65H114O5. The highest BCUT2D eigenvalue weighted by Gasteiger charge is 2.17. The van der Waals surface area contributed by atoms with Crippen LogP contribution in [-0.2, 0) is 23.8 Å². The van der Waals surface area contributed by atoms with Gasteiger partial charge in [0.15, 0.2) is 6.10 Å². The maximum absolute atomic E-state index is 12.9. The van der Waals surface area contributed by atoms with Crippen LogP contribution >= 0.6 is 0 Å². The SMILES string of the molecule is CC/C=C\C/C=C\C/C=C\C/C=C\CCCCCCCCC(=O)OCC(COCCCCCCCC/C=C\C/C=C\C/C=C\CC)OC(=O)CCCCCCCCCCCCCCCCCCCCC. The first-order valence-electron chi connectivity index (χ1n) is 30.1. The Hall–Kier alpha value is -2.92. The minimum atomic E-state index is -0.552. The number of hydrogen-bond acceptors (Lipinski definition) is 5. The van der Waals surface area contributed by atoms with E-state index in [1.807, 2.05) is 0 Å². The number of carbonyl (C=O) groups excluding carboxylic acids is 2. The summed E-state index contributed by atoms with van der Waals surface area (Å²) in [5.74, 6) is -0.410. The van der Waals surface area contributed by atoms with Crippen molar-refractivity contribution < 1.29 is 23.8 Å². The van der Waals surface area contributed by atoms with Crippen LogP contribution in [0.2, 0.25) is 0 Å². The molecule has 0 fully saturated rings. The molecule has 0 aromatic rings. The molecule has 0 spiro atoms. The van der Waals surface area contributed by atoms with Crippen molar-refractivity contribution in [3.05, 3.63) is 85.1 Å². The summed E-state index contributed by atoms with van der Waals surface area (Å²) in [5.41, 5.74) is 0. The topological polar surface area (TPSA) is 61.8 Å². The van der Waals surface area contributed by atoms with E-state index in [2.05, 4.69) is 106 Å². The third-order valence-electron chi connectivity index (χ3n) is 12.9. The van der Waals surface area contributed by atoms with E-state index in [1.54, 1.807) is 0 Å². The molecule has 0 aromatic carbocycles. The van der Waals surface area contributed by atoms with Crippen molar-refractivity contribution >= 4 is 11.9 Å². The molecule has 0 aliphatic carbocycles. The summed E-state index contributed by atoms with van der Waals surface area (Å²) in [4.78, 5) is 25.6. The van der Waals surface area contributed by atoms with Gasteiger partial charge in [-0.15, -0.1) is 0 Å². The van der Waals surface area contributed by atoms with Crippen molar-refractivity contribution in [1.82, 2.24) is 0 Å². The number of unbranched alkanes of at least 4 members (excludes halogenated alkanes) is 30. The fraction of sp³-hybridized carbons (Fsp3) is 0.754. The third kappa shape index (κ3) is 57.7. The van der Waals surface area contributed by atoms with E-state index in [1.165, 1.54) is 154 Å². The van der Waals surface area contributed by atoms with Gasteiger partial charge in [0.05, 0.1) is 6.61 Å². The zero-order valence-electron chi connectivity index (χ0n) is 46.5. The van der Waals surface area contributed by atoms with Gasteiger partial charge in [-0.1, -0.05) is 273 Å². The Morgan fingerprint density at radius 3 is 1.03 bits per heavy atom. The van der Waals surface area contributed by atoms with Crippen molar-refractivity contribution in [1.29, 1.82) is 0 Å². The van der Waals surface area contributed by atoms with Gasteiger partial charge in [-0.25, -0.2) is 0 Å². The summed E-state index contributed by atoms with van der Waals surface area (Å²) in [5, 5.41) is 0. The molecule has 0 saturated carbocycles. The molecule has 1 unspecified atom stereocenters. The van der Waals surface area contributed by atoms with Gasteiger partial charge in [0, 0.05) is 19.4 Å². The molecule has 0 radical (unpaired) electrons. The summed E-state index contributed by atoms with van der Waals surface area (Å²) in [6.07, 6.45) is 80.4. The number of carbonyl (C=O) groups is 2. The van der Waals surface area contributed by atoms with Crippen LogP contribution in [0.15, 0.2) is 85.1 Å². The lowest BCUT2D eigenvalue weighted by atomic mass is 10.0. The number of hydrogen-bond donors (Lipinski definition) is 0. The zero-order valence-corrected chi connectivity index (χ0v) is 46.5. The van der Waals surface area contributed by atoms with Crippen LogP contribution in [0, 0.1) is 0 Å². The minimum absolute atomic E-state index is 0.0715. The number of rotatable bonds is 55. The summed E-state index contributed by atoms with van der Waals surface area (Å²) in [6.45, 7) is 7.60. The second-order valence-electron chi connectivity index (χ2n) is 19.8. The van der Waals surface area contributed by atoms with Gasteiger partial charge in [0.1, 0.15) is 6.61 Å². The van der Waals surface area contributed by atoms with Gasteiger partial charge in [0.2, 0.25) is 0 Å². The van der Waals surface area contributed by atoms with Crippen LogP contribution in [0.3, 0.4) is 0 Å². The average Bonchev–Trinajstić information content (AvgIpc) is 3.36. The molecule has 0 aliphatic heterocycles. The first-order valence-corrected chi connectivity index (χ1v) is 30.1. The van der Waals surface area contributed by atoms with Gasteiger partial charge < -0.3 is 14.2 Å². The smallest absolute Gasteiger partial charge is 0.306 e. The van der Waals surface area contributed by atoms with E-state index in [9.17, 15) is 9.59 Å². The van der Waals surface area contributed by atoms with E-state index in [0.29, 0.717) is 19.4 Å². The van der Waals surface area contributed by atoms with Crippen molar-refractivity contribution in [2.24, 2.45) is 0 Å². The van der Waals surface area contributed by atoms with Crippen molar-refractivity contribution in [3.63, 3.8) is 0 Å². The lowest BCUT2D eigenvalue weighted by molar-refractivity contribution is -0.163. The second kappa shape index (κ2) is 60.4. The fourth-order valence-electron chi connectivity index (χ4n) is 8.52. The van der Waals surface area contributed by atoms with Crippen LogP contribution in [0.1, 0.15) is 290 Å². The Morgan fingerprint density at radius 1 is 0.329 bits per heavy atom. The van der Waals surface area contributed by atoms with Gasteiger partial charge in [-0.3, -0.25) is 9.59 Å². The molecule has 70 heavy (non-hydrogen) atoms. The lowest BCUT2D eigenvalue weighted by Crippen LogP contribution is -2.30. The molecule has 5 nitrogen and oxygen atoms in total. The number of esters is 2. The molecule has 1 atom stereocenters. The standard InChI is InChI=1S/C65H114O5/c1-4-7-10-13-16-19-22-25-28-31-33-35-37-40-43-46-49-52-55-58-64(66)69-62-63(61-68-60-57-54-51-48-45-42-39-30-27-24-21-18-15-12-9-6-3)70-65(67)59-56-53-50-47-44-41-38-36-34-32-29-26-23-20-17-14-11-8-5-2/h7,9-10,12,16,18-19,21,25,27-28,30,33,35,63H,4-6,8,11,13-15,17,20,22-24,26,29,31-32,34,36-62H2,1-3H3/b10-7-,12-9-,19-16-,21-18-,28-25-,30-27-,35-33-. The van der Waals surface area contributed by atoms with Crippen molar-refractivity contribution in [2.45, 2.75) is 297 Å². The summed E-state index contributed by atoms with van der Waals surface area (Å²) >= 11 is 0. The molecule has 0 amide bonds. The zero-order chi connectivity index (χ0) is 50.6. The quantitative estimate of drug-likeness (QED) is 0.0345. The van der Waals surface area contributed by atoms with Gasteiger partial charge in [-0.2, -0.15) is 0 Å². The monoisotopic (exact) mass is 975 g/mol. The first-order chi connectivity index (χ1) is 34.6. The van der Waals surface area contributed by atoms with Crippen molar-refractivity contribution in [2.75, 3.05) is 19.8 Å². The molecule has 0 rings (SSSR count).